The number of halogens is 6. The van der Waals surface area contributed by atoms with E-state index in [-0.39, 0.29) is 80.6 Å². The molecule has 7 heterocycles. The van der Waals surface area contributed by atoms with Crippen molar-refractivity contribution >= 4 is 115 Å². The number of aromatic carboxylic acids is 1. The van der Waals surface area contributed by atoms with Gasteiger partial charge in [-0.05, 0) is 152 Å². The van der Waals surface area contributed by atoms with E-state index >= 15 is 0 Å². The maximum absolute atomic E-state index is 13.6. The second-order valence-electron chi connectivity index (χ2n) is 29.8. The highest BCUT2D eigenvalue weighted by Gasteiger charge is 2.35. The number of carbonyl (C=O) groups is 6. The molecule has 0 saturated heterocycles. The Kier molecular flexibility index (Phi) is 25.3. The molecule has 13 rings (SSSR count). The third-order valence-corrected chi connectivity index (χ3v) is 21.8. The summed E-state index contributed by atoms with van der Waals surface area (Å²) in [5.74, 6) is -2.05. The van der Waals surface area contributed by atoms with Crippen LogP contribution in [0.25, 0.3) is 33.4 Å². The quantitative estimate of drug-likeness (QED) is 0.0409. The summed E-state index contributed by atoms with van der Waals surface area (Å²) >= 11 is 1.84. The summed E-state index contributed by atoms with van der Waals surface area (Å²) in [6.45, 7) is 23.9. The van der Waals surface area contributed by atoms with Crippen LogP contribution in [0.2, 0.25) is 0 Å². The van der Waals surface area contributed by atoms with Gasteiger partial charge in [-0.3, -0.25) is 34.3 Å². The van der Waals surface area contributed by atoms with Crippen LogP contribution in [-0.4, -0.2) is 111 Å². The Morgan fingerprint density at radius 2 is 1.02 bits per heavy atom. The topological polar surface area (TPSA) is 258 Å². The molecule has 0 bridgehead atoms. The maximum Gasteiger partial charge on any atom is 0.414 e. The molecule has 2 aliphatic rings. The first-order valence-corrected chi connectivity index (χ1v) is 38.2. The molecule has 6 aromatic carbocycles. The number of imidazole rings is 2. The second-order valence-corrected chi connectivity index (χ2v) is 33.0. The third kappa shape index (κ3) is 19.9. The summed E-state index contributed by atoms with van der Waals surface area (Å²) in [7, 11) is 0. The summed E-state index contributed by atoms with van der Waals surface area (Å²) in [4.78, 5) is 98.9. The van der Waals surface area contributed by atoms with Crippen LogP contribution in [0.1, 0.15) is 173 Å². The highest BCUT2D eigenvalue weighted by molar-refractivity contribution is 7.14. The molecule has 2 aliphatic heterocycles. The Labute approximate surface area is 654 Å². The minimum Gasteiger partial charge on any atom is -0.477 e. The number of anilines is 4. The van der Waals surface area contributed by atoms with Gasteiger partial charge in [0.1, 0.15) is 33.4 Å². The second kappa shape index (κ2) is 34.6. The van der Waals surface area contributed by atoms with Gasteiger partial charge in [-0.2, -0.15) is 0 Å². The molecule has 22 nitrogen and oxygen atoms in total. The van der Waals surface area contributed by atoms with Gasteiger partial charge in [0.05, 0.1) is 56.4 Å². The number of benzene rings is 6. The molecule has 2 atom stereocenters. The van der Waals surface area contributed by atoms with Crippen molar-refractivity contribution in [2.45, 2.75) is 152 Å². The van der Waals surface area contributed by atoms with Crippen molar-refractivity contribution in [2.24, 2.45) is 10.8 Å². The van der Waals surface area contributed by atoms with E-state index in [1.165, 1.54) is 11.6 Å². The minimum atomic E-state index is -2.81. The summed E-state index contributed by atoms with van der Waals surface area (Å²) in [6, 6.07) is 43.9. The zero-order chi connectivity index (χ0) is 80.7. The van der Waals surface area contributed by atoms with Crippen molar-refractivity contribution in [1.82, 2.24) is 38.9 Å². The number of carboxylic acid groups (broad SMARTS) is 1. The normalized spacial score (nSPS) is 13.2. The van der Waals surface area contributed by atoms with E-state index in [9.17, 15) is 55.1 Å². The first-order valence-electron chi connectivity index (χ1n) is 35.8. The lowest BCUT2D eigenvalue weighted by Gasteiger charge is -2.37. The Bertz CT molecular complexity index is 5220. The lowest BCUT2D eigenvalue weighted by Crippen LogP contribution is -2.45. The number of nitrogens with one attached hydrogen (secondary N) is 3. The predicted octanol–water partition coefficient (Wildman–Crippen LogP) is 20.1. The largest absolute Gasteiger partial charge is 0.477 e. The number of ether oxygens (including phenoxy) is 3. The van der Waals surface area contributed by atoms with Crippen molar-refractivity contribution in [3.05, 3.63) is 221 Å². The number of hydrogen-bond donors (Lipinski definition) is 4. The minimum absolute atomic E-state index is 0.00419. The molecular weight excluding hydrogens is 1510 g/mol. The zero-order valence-corrected chi connectivity index (χ0v) is 65.6. The molecule has 588 valence electrons. The van der Waals surface area contributed by atoms with Crippen molar-refractivity contribution in [2.75, 3.05) is 33.9 Å². The Morgan fingerprint density at radius 3 is 1.44 bits per heavy atom. The third-order valence-electron chi connectivity index (χ3n) is 18.7. The molecule has 0 unspecified atom stereocenters. The molecule has 112 heavy (non-hydrogen) atoms. The van der Waals surface area contributed by atoms with E-state index in [0.29, 0.717) is 74.9 Å². The van der Waals surface area contributed by atoms with Crippen molar-refractivity contribution in [1.29, 1.82) is 0 Å². The average molecular weight is 1600 g/mol. The number of amides is 5. The first kappa shape index (κ1) is 81.8. The van der Waals surface area contributed by atoms with Crippen LogP contribution < -0.4 is 20.9 Å². The SMILES string of the molecule is C[C@H](N(Cc1ccc2c(c1)nc(NC(=O)c1cnc(C(F)F)s1)n2-c1ccc2c(c1)N(C(=O)OC(C)(C)C)CC2)C(=O)OCc1ccccc1)C(C)(C)C.C[C@H](N(Cc1ccc2c(c1)nc(NC(=O)c1cnc(C(F)F)s1)n2-c1ccc2c(c1)NCC2)C(=O)OCc1ccccc1)C(C)(C)C.O=C(O)c1ccc(C(F)F)s1. The molecule has 0 spiro atoms. The van der Waals surface area contributed by atoms with Crippen molar-refractivity contribution in [3.63, 3.8) is 0 Å². The van der Waals surface area contributed by atoms with Crippen LogP contribution in [0.15, 0.2) is 158 Å². The fourth-order valence-electron chi connectivity index (χ4n) is 12.1. The number of rotatable bonds is 20. The van der Waals surface area contributed by atoms with Crippen LogP contribution in [0.3, 0.4) is 0 Å². The number of alkyl halides is 6. The molecule has 5 aromatic heterocycles. The van der Waals surface area contributed by atoms with Crippen LogP contribution in [0, 0.1) is 10.8 Å². The number of hydrogen-bond acceptors (Lipinski definition) is 17. The van der Waals surface area contributed by atoms with E-state index in [1.807, 2.05) is 173 Å². The van der Waals surface area contributed by atoms with Gasteiger partial charge in [0.25, 0.3) is 31.1 Å². The van der Waals surface area contributed by atoms with Gasteiger partial charge < -0.3 is 34.4 Å². The molecule has 31 heteroatoms. The monoisotopic (exact) mass is 1590 g/mol. The number of thiazole rings is 2. The Balaban J connectivity index is 0.000000196. The lowest BCUT2D eigenvalue weighted by molar-refractivity contribution is 0.0537. The molecule has 0 aliphatic carbocycles. The maximum atomic E-state index is 13.6. The number of nitrogens with zero attached hydrogens (tertiary/aromatic N) is 9. The smallest absolute Gasteiger partial charge is 0.414 e. The number of aromatic nitrogens is 6. The molecule has 4 N–H and O–H groups in total. The van der Waals surface area contributed by atoms with Crippen LogP contribution in [-0.2, 0) is 53.4 Å². The molecule has 0 fully saturated rings. The van der Waals surface area contributed by atoms with Crippen molar-refractivity contribution < 1.29 is 74.4 Å². The zero-order valence-electron chi connectivity index (χ0n) is 63.2. The van der Waals surface area contributed by atoms with Gasteiger partial charge in [0.2, 0.25) is 11.9 Å². The van der Waals surface area contributed by atoms with Gasteiger partial charge in [0, 0.05) is 44.0 Å². The molecule has 11 aromatic rings. The molecule has 0 saturated carbocycles. The highest BCUT2D eigenvalue weighted by Crippen LogP contribution is 2.38. The van der Waals surface area contributed by atoms with Gasteiger partial charge in [-0.25, -0.2) is 65.5 Å². The molecule has 5 amide bonds. The first-order chi connectivity index (χ1) is 53.1. The average Bonchev–Trinajstić information content (AvgIpc) is 1.61. The van der Waals surface area contributed by atoms with E-state index in [4.69, 9.17) is 29.3 Å². The van der Waals surface area contributed by atoms with Gasteiger partial charge in [0.15, 0.2) is 10.0 Å². The summed E-state index contributed by atoms with van der Waals surface area (Å²) < 4.78 is 97.5. The summed E-state index contributed by atoms with van der Waals surface area (Å²) in [6.07, 6.45) is -5.68. The van der Waals surface area contributed by atoms with E-state index in [2.05, 4.69) is 67.5 Å². The summed E-state index contributed by atoms with van der Waals surface area (Å²) in [5.41, 5.74) is 9.82. The number of fused-ring (bicyclic) bond motifs is 4. The van der Waals surface area contributed by atoms with Crippen LogP contribution in [0.4, 0.5) is 64.0 Å². The van der Waals surface area contributed by atoms with Crippen LogP contribution >= 0.6 is 34.0 Å². The Hall–Kier alpha value is -11.2. The predicted molar refractivity (Wildman–Crippen MR) is 420 cm³/mol. The van der Waals surface area contributed by atoms with Crippen LogP contribution in [0.5, 0.6) is 0 Å². The van der Waals surface area contributed by atoms with E-state index < -0.39 is 71.0 Å². The number of carboxylic acids is 1. The molecular formula is C81H84F6N12O10S3. The summed E-state index contributed by atoms with van der Waals surface area (Å²) in [5, 5.41) is 16.5. The van der Waals surface area contributed by atoms with Crippen molar-refractivity contribution in [3.8, 4) is 11.4 Å². The molecule has 0 radical (unpaired) electrons. The fraction of sp³-hybridized carbons (Fsp3) is 0.333. The Morgan fingerprint density at radius 1 is 0.545 bits per heavy atom. The highest BCUT2D eigenvalue weighted by atomic mass is 32.1. The van der Waals surface area contributed by atoms with E-state index in [1.54, 1.807) is 19.3 Å². The fourth-order valence-corrected chi connectivity index (χ4v) is 14.2. The standard InChI is InChI=1S/C40H44F2N6O5S.C35H36F2N6O3S.C6H4F2O2S/c1-24(39(2,3)4)47(37(50)52-23-25-11-9-8-10-12-25)22-26-13-16-30-29(19-26)44-36(45-34(49)32-21-43-35(54-32)33(41)42)48(30)28-15-14-27-17-18-46(31(27)20-28)38(51)53-40(5,6)7;1-21(35(2,3)4)42(34(45)46-20-22-8-6-5-7-9-22)19-23-10-13-28-27(16-23)40-33(41-31(44)29-18-39-32(47-29)30(36)37)43(28)25-12-11-24-14-15-38-26(24)17-25;7-5(8)3-1-2-4(11-3)6(9)10/h8-16,19-21,24,33H,17-18,22-23H2,1-7H3,(H,44,45,49);5-13,16-18,21,30,38H,14-15,19-20H2,1-4H3,(H,40,41,44);1-2,5H,(H,9,10)/t24-;21-;/m00./s1. The van der Waals surface area contributed by atoms with Gasteiger partial charge >= 0.3 is 24.2 Å². The number of thiophene rings is 1. The van der Waals surface area contributed by atoms with Gasteiger partial charge in [-0.1, -0.05) is 126 Å². The van der Waals surface area contributed by atoms with E-state index in [0.717, 1.165) is 76.1 Å². The number of carbonyl (C=O) groups excluding carboxylic acids is 5. The lowest BCUT2D eigenvalue weighted by atomic mass is 9.87. The van der Waals surface area contributed by atoms with Gasteiger partial charge in [-0.15, -0.1) is 34.0 Å².